The molecule has 1 aromatic carbocycles. The van der Waals surface area contributed by atoms with Crippen molar-refractivity contribution < 1.29 is 9.53 Å². The van der Waals surface area contributed by atoms with Crippen LogP contribution in [0.3, 0.4) is 0 Å². The molecule has 1 aromatic rings. The molecule has 0 amide bonds. The third-order valence-corrected chi connectivity index (χ3v) is 12.4. The first-order valence-electron chi connectivity index (χ1n) is 16.5. The zero-order valence-corrected chi connectivity index (χ0v) is 25.9. The Hall–Kier alpha value is -1.44. The van der Waals surface area contributed by atoms with E-state index < -0.39 is 11.6 Å². The molecule has 214 valence electrons. The lowest BCUT2D eigenvalue weighted by Crippen LogP contribution is -2.51. The van der Waals surface area contributed by atoms with Crippen LogP contribution in [0, 0.1) is 46.3 Å². The Morgan fingerprint density at radius 3 is 2.45 bits per heavy atom. The number of ether oxygens (including phenoxy) is 1. The lowest BCUT2D eigenvalue weighted by molar-refractivity contribution is -0.151. The Morgan fingerprint density at radius 2 is 1.73 bits per heavy atom. The van der Waals surface area contributed by atoms with Crippen LogP contribution < -0.4 is 0 Å². The molecule has 0 aliphatic heterocycles. The van der Waals surface area contributed by atoms with Crippen molar-refractivity contribution in [3.8, 4) is 0 Å². The molecule has 4 aliphatic rings. The summed E-state index contributed by atoms with van der Waals surface area (Å²) in [6.45, 7) is 12.5. The van der Waals surface area contributed by atoms with Crippen LogP contribution >= 0.6 is 0 Å². The second-order valence-corrected chi connectivity index (χ2v) is 15.1. The summed E-state index contributed by atoms with van der Waals surface area (Å²) in [5, 5.41) is 0. The molecule has 0 spiro atoms. The molecule has 3 saturated carbocycles. The molecule has 4 aliphatic carbocycles. The summed E-state index contributed by atoms with van der Waals surface area (Å²) in [5.74, 6) is 3.25. The summed E-state index contributed by atoms with van der Waals surface area (Å²) in [7, 11) is 12.6. The van der Waals surface area contributed by atoms with Gasteiger partial charge in [-0.15, -0.1) is 0 Å². The van der Waals surface area contributed by atoms with Crippen LogP contribution in [0.2, 0.25) is 5.82 Å². The molecule has 40 heavy (non-hydrogen) atoms. The number of benzene rings is 1. The second kappa shape index (κ2) is 12.0. The number of allylic oxidation sites excluding steroid dienone is 1. The third kappa shape index (κ3) is 5.64. The van der Waals surface area contributed by atoms with Crippen molar-refractivity contribution in [2.24, 2.45) is 46.3 Å². The molecule has 0 aromatic heterocycles. The SMILES string of the molecule is [B]C(C(=O)O[C@H]1CC[C@@]2(C)C(=CC[C@@H]3C2CC[C@@]2(C)C3CC[C@@H]2[C@H](C)CCCC(C)C)C1)C([B])c1ccccc1. The van der Waals surface area contributed by atoms with Gasteiger partial charge in [0.2, 0.25) is 0 Å². The quantitative estimate of drug-likeness (QED) is 0.178. The molecule has 0 saturated heterocycles. The largest absolute Gasteiger partial charge is 0.462 e. The average molecular weight is 538 g/mol. The van der Waals surface area contributed by atoms with E-state index in [-0.39, 0.29) is 17.5 Å². The number of rotatable bonds is 9. The zero-order chi connectivity index (χ0) is 28.7. The predicted molar refractivity (Wildman–Crippen MR) is 167 cm³/mol. The number of hydrogen-bond donors (Lipinski definition) is 0. The molecule has 10 atom stereocenters. The maximum absolute atomic E-state index is 13.0. The highest BCUT2D eigenvalue weighted by Crippen LogP contribution is 2.67. The fourth-order valence-electron chi connectivity index (χ4n) is 10.0. The first-order chi connectivity index (χ1) is 19.0. The standard InChI is InChI=1S/C36H52B2O2/c1-23(2)10-9-11-24(3)29-16-17-30-28-15-14-26-22-27(18-20-35(26,4)31(28)19-21-36(29,30)5)40-34(39)33(38)32(37)25-12-7-6-8-13-25/h6-8,12-14,23-24,27-33H,9-11,15-22H2,1-5H3/t24-,27+,28+,29-,30?,31?,32?,33?,35+,36-/m1/s1. The first-order valence-corrected chi connectivity index (χ1v) is 16.5. The van der Waals surface area contributed by atoms with Crippen molar-refractivity contribution in [2.75, 3.05) is 0 Å². The molecular weight excluding hydrogens is 486 g/mol. The predicted octanol–water partition coefficient (Wildman–Crippen LogP) is 8.81. The average Bonchev–Trinajstić information content (AvgIpc) is 3.30. The summed E-state index contributed by atoms with van der Waals surface area (Å²) in [6, 6.07) is 9.62. The lowest BCUT2D eigenvalue weighted by atomic mass is 9.47. The number of carbonyl (C=O) groups excluding carboxylic acids is 1. The van der Waals surface area contributed by atoms with Crippen LogP contribution in [0.25, 0.3) is 0 Å². The maximum Gasteiger partial charge on any atom is 0.300 e. The first kappa shape index (κ1) is 30.0. The van der Waals surface area contributed by atoms with E-state index in [4.69, 9.17) is 20.4 Å². The van der Waals surface area contributed by atoms with Crippen molar-refractivity contribution >= 4 is 21.7 Å². The van der Waals surface area contributed by atoms with Crippen LogP contribution in [-0.4, -0.2) is 27.8 Å². The van der Waals surface area contributed by atoms with Gasteiger partial charge in [0.1, 0.15) is 6.10 Å². The molecule has 2 nitrogen and oxygen atoms in total. The van der Waals surface area contributed by atoms with Crippen molar-refractivity contribution in [2.45, 2.75) is 123 Å². The van der Waals surface area contributed by atoms with Crippen molar-refractivity contribution in [1.29, 1.82) is 0 Å². The van der Waals surface area contributed by atoms with Gasteiger partial charge < -0.3 is 4.74 Å². The van der Waals surface area contributed by atoms with Crippen LogP contribution in [0.1, 0.15) is 117 Å². The highest BCUT2D eigenvalue weighted by molar-refractivity contribution is 6.29. The fourth-order valence-corrected chi connectivity index (χ4v) is 10.0. The minimum Gasteiger partial charge on any atom is -0.462 e. The van der Waals surface area contributed by atoms with Gasteiger partial charge in [0.15, 0.2) is 0 Å². The Kier molecular flexibility index (Phi) is 9.04. The Balaban J connectivity index is 1.22. The van der Waals surface area contributed by atoms with E-state index in [0.717, 1.165) is 60.3 Å². The Labute approximate surface area is 247 Å². The maximum atomic E-state index is 13.0. The summed E-state index contributed by atoms with van der Waals surface area (Å²) in [4.78, 5) is 13.0. The summed E-state index contributed by atoms with van der Waals surface area (Å²) in [6.07, 6.45) is 16.4. The highest BCUT2D eigenvalue weighted by Gasteiger charge is 2.59. The molecule has 0 N–H and O–H groups in total. The van der Waals surface area contributed by atoms with Crippen LogP contribution in [0.4, 0.5) is 0 Å². The topological polar surface area (TPSA) is 26.3 Å². The summed E-state index contributed by atoms with van der Waals surface area (Å²) >= 11 is 0. The van der Waals surface area contributed by atoms with Gasteiger partial charge in [-0.05, 0) is 97.1 Å². The second-order valence-electron chi connectivity index (χ2n) is 15.1. The van der Waals surface area contributed by atoms with Crippen molar-refractivity contribution in [1.82, 2.24) is 0 Å². The number of hydrogen-bond acceptors (Lipinski definition) is 2. The monoisotopic (exact) mass is 538 g/mol. The van der Waals surface area contributed by atoms with Gasteiger partial charge in [-0.25, -0.2) is 0 Å². The molecule has 4 radical (unpaired) electrons. The van der Waals surface area contributed by atoms with Gasteiger partial charge in [-0.1, -0.05) is 101 Å². The minimum absolute atomic E-state index is 0.0891. The van der Waals surface area contributed by atoms with Gasteiger partial charge in [-0.2, -0.15) is 0 Å². The van der Waals surface area contributed by atoms with E-state index in [9.17, 15) is 4.79 Å². The number of esters is 1. The zero-order valence-electron chi connectivity index (χ0n) is 25.9. The molecule has 3 fully saturated rings. The van der Waals surface area contributed by atoms with Crippen LogP contribution in [-0.2, 0) is 9.53 Å². The normalized spacial score (nSPS) is 37.5. The van der Waals surface area contributed by atoms with E-state index in [0.29, 0.717) is 5.41 Å². The summed E-state index contributed by atoms with van der Waals surface area (Å²) in [5.41, 5.74) is 3.17. The molecule has 4 unspecified atom stereocenters. The van der Waals surface area contributed by atoms with E-state index in [1.807, 2.05) is 30.3 Å². The summed E-state index contributed by atoms with van der Waals surface area (Å²) < 4.78 is 6.01. The smallest absolute Gasteiger partial charge is 0.300 e. The van der Waals surface area contributed by atoms with E-state index in [1.165, 1.54) is 51.4 Å². The van der Waals surface area contributed by atoms with Crippen LogP contribution in [0.5, 0.6) is 0 Å². The molecule has 0 heterocycles. The van der Waals surface area contributed by atoms with Crippen LogP contribution in [0.15, 0.2) is 42.0 Å². The van der Waals surface area contributed by atoms with Gasteiger partial charge >= 0.3 is 0 Å². The third-order valence-electron chi connectivity index (χ3n) is 12.4. The number of carbonyl (C=O) groups is 1. The number of fused-ring (bicyclic) bond motifs is 5. The van der Waals surface area contributed by atoms with Crippen molar-refractivity contribution in [3.05, 3.63) is 47.5 Å². The minimum atomic E-state index is -0.848. The highest BCUT2D eigenvalue weighted by atomic mass is 16.5. The van der Waals surface area contributed by atoms with Gasteiger partial charge in [0.25, 0.3) is 5.97 Å². The van der Waals surface area contributed by atoms with Gasteiger partial charge in [-0.3, -0.25) is 4.79 Å². The Bertz CT molecular complexity index is 1050. The molecular formula is C36H52B2O2. The van der Waals surface area contributed by atoms with Gasteiger partial charge in [0.05, 0.1) is 15.7 Å². The molecule has 5 rings (SSSR count). The Morgan fingerprint density at radius 1 is 0.975 bits per heavy atom. The molecule has 4 heteroatoms. The van der Waals surface area contributed by atoms with E-state index >= 15 is 0 Å². The van der Waals surface area contributed by atoms with Gasteiger partial charge in [0, 0.05) is 12.2 Å². The van der Waals surface area contributed by atoms with E-state index in [1.54, 1.807) is 5.57 Å². The fraction of sp³-hybridized carbons (Fsp3) is 0.750. The van der Waals surface area contributed by atoms with E-state index in [2.05, 4.69) is 40.7 Å². The lowest BCUT2D eigenvalue weighted by Gasteiger charge is -2.58. The molecule has 0 bridgehead atoms. The van der Waals surface area contributed by atoms with Crippen molar-refractivity contribution in [3.63, 3.8) is 0 Å².